The average molecular weight is 163 g/mol. The van der Waals surface area contributed by atoms with E-state index in [1.165, 1.54) is 0 Å². The van der Waals surface area contributed by atoms with Gasteiger partial charge in [-0.3, -0.25) is 0 Å². The van der Waals surface area contributed by atoms with Crippen molar-refractivity contribution in [2.75, 3.05) is 0 Å². The smallest absolute Gasteiger partial charge is 0.132 e. The molecular weight excluding hydrogens is 154 g/mol. The molecule has 0 heterocycles. The summed E-state index contributed by atoms with van der Waals surface area (Å²) in [5, 5.41) is 0. The van der Waals surface area contributed by atoms with E-state index in [0.29, 0.717) is 4.99 Å². The highest BCUT2D eigenvalue weighted by Gasteiger charge is 1.93. The molecule has 0 spiro atoms. The molecule has 0 bridgehead atoms. The van der Waals surface area contributed by atoms with E-state index in [2.05, 4.69) is 4.99 Å². The third-order valence-corrected chi connectivity index (χ3v) is 1.61. The van der Waals surface area contributed by atoms with Gasteiger partial charge in [0.2, 0.25) is 0 Å². The Morgan fingerprint density at radius 2 is 2.00 bits per heavy atom. The van der Waals surface area contributed by atoms with Crippen LogP contribution in [0.15, 0.2) is 35.3 Å². The molecule has 0 aromatic heterocycles. The zero-order valence-corrected chi connectivity index (χ0v) is 7.14. The first-order valence-electron chi connectivity index (χ1n) is 3.42. The van der Waals surface area contributed by atoms with Gasteiger partial charge in [0.1, 0.15) is 4.99 Å². The lowest BCUT2D eigenvalue weighted by atomic mass is 10.2. The van der Waals surface area contributed by atoms with Crippen LogP contribution in [0.4, 0.5) is 0 Å². The molecule has 0 fully saturated rings. The van der Waals surface area contributed by atoms with Crippen molar-refractivity contribution in [3.63, 3.8) is 0 Å². The zero-order valence-electron chi connectivity index (χ0n) is 6.32. The predicted octanol–water partition coefficient (Wildman–Crippen LogP) is 2.45. The molecule has 0 aliphatic heterocycles. The SMILES string of the molecule is CC=NC(=S)c1ccccc1. The molecule has 1 aromatic carbocycles. The van der Waals surface area contributed by atoms with Gasteiger partial charge < -0.3 is 0 Å². The van der Waals surface area contributed by atoms with Crippen LogP contribution in [0.1, 0.15) is 12.5 Å². The minimum absolute atomic E-state index is 0.646. The number of hydrogen-bond donors (Lipinski definition) is 0. The maximum Gasteiger partial charge on any atom is 0.132 e. The summed E-state index contributed by atoms with van der Waals surface area (Å²) in [6.07, 6.45) is 1.70. The fourth-order valence-electron chi connectivity index (χ4n) is 0.773. The zero-order chi connectivity index (χ0) is 8.10. The summed E-state index contributed by atoms with van der Waals surface area (Å²) < 4.78 is 0. The van der Waals surface area contributed by atoms with Gasteiger partial charge in [-0.2, -0.15) is 0 Å². The summed E-state index contributed by atoms with van der Waals surface area (Å²) in [5.74, 6) is 0. The van der Waals surface area contributed by atoms with E-state index in [9.17, 15) is 0 Å². The molecule has 0 radical (unpaired) electrons. The maximum atomic E-state index is 5.02. The van der Waals surface area contributed by atoms with Crippen LogP contribution >= 0.6 is 12.2 Å². The van der Waals surface area contributed by atoms with Crippen LogP contribution < -0.4 is 0 Å². The van der Waals surface area contributed by atoms with E-state index in [-0.39, 0.29) is 0 Å². The molecule has 1 rings (SSSR count). The highest BCUT2D eigenvalue weighted by molar-refractivity contribution is 7.80. The van der Waals surface area contributed by atoms with Crippen molar-refractivity contribution in [3.8, 4) is 0 Å². The van der Waals surface area contributed by atoms with Gasteiger partial charge in [-0.1, -0.05) is 42.5 Å². The second kappa shape index (κ2) is 3.98. The van der Waals surface area contributed by atoms with Crippen molar-refractivity contribution in [1.82, 2.24) is 0 Å². The number of thiocarbonyl (C=S) groups is 1. The van der Waals surface area contributed by atoms with Crippen molar-refractivity contribution >= 4 is 23.4 Å². The highest BCUT2D eigenvalue weighted by atomic mass is 32.1. The summed E-state index contributed by atoms with van der Waals surface area (Å²) in [5.41, 5.74) is 1.00. The monoisotopic (exact) mass is 163 g/mol. The predicted molar refractivity (Wildman–Crippen MR) is 52.3 cm³/mol. The summed E-state index contributed by atoms with van der Waals surface area (Å²) in [4.78, 5) is 4.65. The van der Waals surface area contributed by atoms with Gasteiger partial charge in [0, 0.05) is 11.8 Å². The van der Waals surface area contributed by atoms with Crippen LogP contribution in [-0.4, -0.2) is 11.2 Å². The van der Waals surface area contributed by atoms with Gasteiger partial charge in [-0.05, 0) is 6.92 Å². The average Bonchev–Trinajstić information content (AvgIpc) is 2.07. The summed E-state index contributed by atoms with van der Waals surface area (Å²) in [7, 11) is 0. The van der Waals surface area contributed by atoms with Gasteiger partial charge in [0.05, 0.1) is 0 Å². The van der Waals surface area contributed by atoms with E-state index in [4.69, 9.17) is 12.2 Å². The molecule has 0 aliphatic carbocycles. The first-order chi connectivity index (χ1) is 5.34. The Kier molecular flexibility index (Phi) is 2.93. The third-order valence-electron chi connectivity index (χ3n) is 1.27. The quantitative estimate of drug-likeness (QED) is 0.457. The number of aliphatic imine (C=N–C) groups is 1. The molecule has 0 atom stereocenters. The molecule has 0 saturated heterocycles. The van der Waals surface area contributed by atoms with Crippen LogP contribution in [0.3, 0.4) is 0 Å². The molecule has 0 saturated carbocycles. The Labute approximate surface area is 71.8 Å². The Morgan fingerprint density at radius 3 is 2.55 bits per heavy atom. The topological polar surface area (TPSA) is 12.4 Å². The largest absolute Gasteiger partial charge is 0.249 e. The summed E-state index contributed by atoms with van der Waals surface area (Å²) in [6.45, 7) is 1.86. The van der Waals surface area contributed by atoms with Crippen LogP contribution in [0.2, 0.25) is 0 Å². The van der Waals surface area contributed by atoms with Crippen LogP contribution in [-0.2, 0) is 0 Å². The van der Waals surface area contributed by atoms with Gasteiger partial charge in [-0.25, -0.2) is 4.99 Å². The van der Waals surface area contributed by atoms with E-state index in [1.807, 2.05) is 37.3 Å². The van der Waals surface area contributed by atoms with E-state index in [0.717, 1.165) is 5.56 Å². The third kappa shape index (κ3) is 2.24. The fraction of sp³-hybridized carbons (Fsp3) is 0.111. The van der Waals surface area contributed by atoms with Gasteiger partial charge in [0.25, 0.3) is 0 Å². The first kappa shape index (κ1) is 8.08. The van der Waals surface area contributed by atoms with E-state index < -0.39 is 0 Å². The van der Waals surface area contributed by atoms with Crippen molar-refractivity contribution in [2.24, 2.45) is 4.99 Å². The van der Waals surface area contributed by atoms with Gasteiger partial charge >= 0.3 is 0 Å². The minimum Gasteiger partial charge on any atom is -0.249 e. The van der Waals surface area contributed by atoms with Crippen LogP contribution in [0, 0.1) is 0 Å². The molecule has 0 amide bonds. The molecule has 56 valence electrons. The molecule has 1 aromatic rings. The number of hydrogen-bond acceptors (Lipinski definition) is 1. The van der Waals surface area contributed by atoms with Crippen molar-refractivity contribution in [3.05, 3.63) is 35.9 Å². The second-order valence-corrected chi connectivity index (χ2v) is 2.45. The van der Waals surface area contributed by atoms with Crippen molar-refractivity contribution < 1.29 is 0 Å². The minimum atomic E-state index is 0.646. The number of rotatable bonds is 1. The molecule has 0 unspecified atom stereocenters. The van der Waals surface area contributed by atoms with Gasteiger partial charge in [-0.15, -0.1) is 0 Å². The van der Waals surface area contributed by atoms with E-state index in [1.54, 1.807) is 6.21 Å². The Hall–Kier alpha value is -1.02. The lowest BCUT2D eigenvalue weighted by Crippen LogP contribution is -1.91. The lowest BCUT2D eigenvalue weighted by Gasteiger charge is -1.94. The molecule has 2 heteroatoms. The van der Waals surface area contributed by atoms with Gasteiger partial charge in [0.15, 0.2) is 0 Å². The number of nitrogens with zero attached hydrogens (tertiary/aromatic N) is 1. The molecular formula is C9H9NS. The molecule has 11 heavy (non-hydrogen) atoms. The Morgan fingerprint density at radius 1 is 1.36 bits per heavy atom. The first-order valence-corrected chi connectivity index (χ1v) is 3.83. The number of benzene rings is 1. The second-order valence-electron chi connectivity index (χ2n) is 2.06. The standard InChI is InChI=1S/C9H9NS/c1-2-10-9(11)8-6-4-3-5-7-8/h2-7H,1H3. The lowest BCUT2D eigenvalue weighted by molar-refractivity contribution is 1.62. The molecule has 0 aliphatic rings. The Balaban J connectivity index is 2.86. The van der Waals surface area contributed by atoms with Crippen molar-refractivity contribution in [2.45, 2.75) is 6.92 Å². The van der Waals surface area contributed by atoms with Crippen LogP contribution in [0.25, 0.3) is 0 Å². The highest BCUT2D eigenvalue weighted by Crippen LogP contribution is 2.01. The maximum absolute atomic E-state index is 5.02. The molecule has 1 nitrogen and oxygen atoms in total. The fourth-order valence-corrected chi connectivity index (χ4v) is 1.01. The summed E-state index contributed by atoms with van der Waals surface area (Å²) in [6, 6.07) is 9.77. The molecule has 0 N–H and O–H groups in total. The van der Waals surface area contributed by atoms with E-state index >= 15 is 0 Å². The normalized spacial score (nSPS) is 10.3. The summed E-state index contributed by atoms with van der Waals surface area (Å²) >= 11 is 5.02. The van der Waals surface area contributed by atoms with Crippen LogP contribution in [0.5, 0.6) is 0 Å². The Bertz CT molecular complexity index is 264. The van der Waals surface area contributed by atoms with Crippen molar-refractivity contribution in [1.29, 1.82) is 0 Å².